The molecule has 0 saturated carbocycles. The van der Waals surface area contributed by atoms with Crippen molar-refractivity contribution in [1.82, 2.24) is 4.90 Å². The average molecular weight is 1150 g/mol. The number of esters is 3. The summed E-state index contributed by atoms with van der Waals surface area (Å²) in [6.45, 7) is 20.2. The molecule has 4 aliphatic rings. The second-order valence-electron chi connectivity index (χ2n) is 22.5. The van der Waals surface area contributed by atoms with E-state index in [1.807, 2.05) is 133 Å². The molecular formula is C63H90N2O17. The molecule has 19 nitrogen and oxygen atoms in total. The summed E-state index contributed by atoms with van der Waals surface area (Å²) >= 11 is 0. The van der Waals surface area contributed by atoms with Gasteiger partial charge in [-0.15, -0.1) is 0 Å². The summed E-state index contributed by atoms with van der Waals surface area (Å²) in [4.78, 5) is 54.4. The first-order valence-electron chi connectivity index (χ1n) is 29.4. The van der Waals surface area contributed by atoms with E-state index in [4.69, 9.17) is 67.3 Å². The molecule has 19 heteroatoms. The third-order valence-electron chi connectivity index (χ3n) is 16.7. The Morgan fingerprint density at radius 3 is 1.65 bits per heavy atom. The van der Waals surface area contributed by atoms with E-state index in [1.54, 1.807) is 11.8 Å². The van der Waals surface area contributed by atoms with Crippen LogP contribution in [0.1, 0.15) is 118 Å². The van der Waals surface area contributed by atoms with Crippen LogP contribution < -0.4 is 5.73 Å². The number of benzene rings is 3. The van der Waals surface area contributed by atoms with Gasteiger partial charge in [-0.1, -0.05) is 139 Å². The predicted octanol–water partition coefficient (Wildman–Crippen LogP) is 9.04. The SMILES string of the molecule is CCC1O[C@H](OCCCCCN(Cc2ccccc2)C(=O)OCc2ccccc2)C(C)[C@@H](C)[C@@H]1O[C@@H]1OC(C(=O)OC)[C@@H](O[C@H]2OC(CC)[C@@H](O[C@@H]3OC(C)[C@@H](C)[C@@H](OCc4ccccc4)C3OC(C)=O)[C@H](C)C2N)[C@H](C)C1OC(C)=O. The molecule has 454 valence electrons. The largest absolute Gasteiger partial charge is 0.467 e. The summed E-state index contributed by atoms with van der Waals surface area (Å²) in [6.07, 6.45) is -8.49. The number of nitrogens with two attached hydrogens (primary N) is 1. The lowest BCUT2D eigenvalue weighted by atomic mass is 9.83. The molecule has 4 fully saturated rings. The van der Waals surface area contributed by atoms with Crippen molar-refractivity contribution in [3.8, 4) is 0 Å². The number of hydrogen-bond donors (Lipinski definition) is 1. The summed E-state index contributed by atoms with van der Waals surface area (Å²) in [5, 5.41) is 0. The zero-order valence-electron chi connectivity index (χ0n) is 49.7. The number of amides is 1. The Morgan fingerprint density at radius 1 is 0.524 bits per heavy atom. The molecule has 0 radical (unpaired) electrons. The second-order valence-corrected chi connectivity index (χ2v) is 22.5. The molecule has 2 N–H and O–H groups in total. The molecular weight excluding hydrogens is 1060 g/mol. The minimum atomic E-state index is -1.35. The topological polar surface area (TPSA) is 218 Å². The van der Waals surface area contributed by atoms with Gasteiger partial charge in [0.1, 0.15) is 18.8 Å². The number of methoxy groups -OCH3 is 1. The second kappa shape index (κ2) is 31.2. The molecule has 8 unspecified atom stereocenters. The highest BCUT2D eigenvalue weighted by Crippen LogP contribution is 2.42. The van der Waals surface area contributed by atoms with E-state index in [0.717, 1.165) is 36.0 Å². The van der Waals surface area contributed by atoms with Crippen LogP contribution in [0.2, 0.25) is 0 Å². The van der Waals surface area contributed by atoms with Crippen LogP contribution in [0, 0.1) is 29.6 Å². The third-order valence-corrected chi connectivity index (χ3v) is 16.7. The molecule has 4 heterocycles. The molecule has 3 aromatic carbocycles. The summed E-state index contributed by atoms with van der Waals surface area (Å²) in [5.41, 5.74) is 9.94. The van der Waals surface area contributed by atoms with E-state index < -0.39 is 116 Å². The van der Waals surface area contributed by atoms with E-state index in [1.165, 1.54) is 21.0 Å². The number of nitrogens with zero attached hydrogens (tertiary/aromatic N) is 1. The number of unbranched alkanes of at least 4 members (excludes halogenated alkanes) is 2. The maximum absolute atomic E-state index is 13.8. The normalized spacial score (nSPS) is 33.9. The highest BCUT2D eigenvalue weighted by molar-refractivity contribution is 5.75. The maximum atomic E-state index is 13.8. The maximum Gasteiger partial charge on any atom is 0.410 e. The minimum Gasteiger partial charge on any atom is -0.467 e. The molecule has 82 heavy (non-hydrogen) atoms. The lowest BCUT2D eigenvalue weighted by Gasteiger charge is -2.51. The van der Waals surface area contributed by atoms with Crippen LogP contribution in [0.4, 0.5) is 4.79 Å². The Hall–Kier alpha value is -5.06. The number of rotatable bonds is 25. The van der Waals surface area contributed by atoms with Gasteiger partial charge in [-0.25, -0.2) is 9.59 Å². The van der Waals surface area contributed by atoms with Crippen LogP contribution in [-0.2, 0) is 95.7 Å². The van der Waals surface area contributed by atoms with Gasteiger partial charge in [0.2, 0.25) is 0 Å². The van der Waals surface area contributed by atoms with E-state index in [0.29, 0.717) is 39.1 Å². The average Bonchev–Trinajstić information content (AvgIpc) is 3.17. The molecule has 0 bridgehead atoms. The van der Waals surface area contributed by atoms with Crippen LogP contribution in [0.5, 0.6) is 0 Å². The van der Waals surface area contributed by atoms with E-state index in [2.05, 4.69) is 6.92 Å². The van der Waals surface area contributed by atoms with Crippen molar-refractivity contribution in [2.75, 3.05) is 20.3 Å². The standard InChI is InChI=1S/C63H90N2O17/c1-12-48-51(37(3)38(4)59(77-48)71-33-25-17-24-32-65(34-45-26-18-14-19-27-45)63(69)73-36-47-30-22-16-23-31-47)79-61-55(75-43(9)66)41(7)54(56(82-61)58(68)70-11)81-60-50(64)40(6)52(49(13-2)78-60)80-62-57(76-44(10)67)53(39(5)42(8)74-62)72-35-46-28-20-15-21-29-46/h14-16,18-23,26-31,37-42,48-57,59-62H,12-13,17,24-25,32-36,64H2,1-11H3/t37-,38?,39-,40-,41+,42?,48?,49?,50?,51+,52+,53-,54+,55?,56?,57?,59+,60-,61-,62+/m1/s1. The van der Waals surface area contributed by atoms with Crippen molar-refractivity contribution in [2.24, 2.45) is 35.3 Å². The predicted molar refractivity (Wildman–Crippen MR) is 301 cm³/mol. The smallest absolute Gasteiger partial charge is 0.410 e. The van der Waals surface area contributed by atoms with Gasteiger partial charge < -0.3 is 72.2 Å². The highest BCUT2D eigenvalue weighted by Gasteiger charge is 2.56. The van der Waals surface area contributed by atoms with Crippen molar-refractivity contribution in [1.29, 1.82) is 0 Å². The zero-order chi connectivity index (χ0) is 59.0. The fourth-order valence-corrected chi connectivity index (χ4v) is 11.4. The molecule has 20 atom stereocenters. The fourth-order valence-electron chi connectivity index (χ4n) is 11.4. The van der Waals surface area contributed by atoms with Crippen molar-refractivity contribution >= 4 is 24.0 Å². The van der Waals surface area contributed by atoms with Crippen molar-refractivity contribution < 1.29 is 80.8 Å². The first kappa shape index (κ1) is 64.5. The van der Waals surface area contributed by atoms with Crippen molar-refractivity contribution in [3.05, 3.63) is 108 Å². The molecule has 0 spiro atoms. The molecule has 0 aliphatic carbocycles. The zero-order valence-corrected chi connectivity index (χ0v) is 49.7. The Kier molecular flexibility index (Phi) is 24.5. The van der Waals surface area contributed by atoms with E-state index in [9.17, 15) is 19.2 Å². The molecule has 4 saturated heterocycles. The van der Waals surface area contributed by atoms with Crippen molar-refractivity contribution in [2.45, 2.75) is 213 Å². The third kappa shape index (κ3) is 16.8. The van der Waals surface area contributed by atoms with Gasteiger partial charge in [-0.2, -0.15) is 0 Å². The molecule has 4 aliphatic heterocycles. The first-order chi connectivity index (χ1) is 39.4. The van der Waals surface area contributed by atoms with Crippen LogP contribution in [-0.4, -0.2) is 141 Å². The molecule has 3 aromatic rings. The van der Waals surface area contributed by atoms with E-state index >= 15 is 0 Å². The molecule has 7 rings (SSSR count). The van der Waals surface area contributed by atoms with Gasteiger partial charge >= 0.3 is 24.0 Å². The van der Waals surface area contributed by atoms with Gasteiger partial charge in [0.15, 0.2) is 43.5 Å². The van der Waals surface area contributed by atoms with Crippen LogP contribution >= 0.6 is 0 Å². The Morgan fingerprint density at radius 2 is 1.06 bits per heavy atom. The number of carbonyl (C=O) groups is 4. The van der Waals surface area contributed by atoms with Gasteiger partial charge in [0.25, 0.3) is 0 Å². The summed E-state index contributed by atoms with van der Waals surface area (Å²) in [5.74, 6) is -3.42. The first-order valence-corrected chi connectivity index (χ1v) is 29.4. The quantitative estimate of drug-likeness (QED) is 0.0475. The Balaban J connectivity index is 0.967. The fraction of sp³-hybridized carbons (Fsp3) is 0.651. The van der Waals surface area contributed by atoms with Gasteiger partial charge in [-0.3, -0.25) is 9.59 Å². The number of carbonyl (C=O) groups excluding carboxylic acids is 4. The summed E-state index contributed by atoms with van der Waals surface area (Å²) in [7, 11) is 1.26. The highest BCUT2D eigenvalue weighted by atomic mass is 16.8. The minimum absolute atomic E-state index is 0.140. The number of hydrogen-bond acceptors (Lipinski definition) is 18. The van der Waals surface area contributed by atoms with Crippen LogP contribution in [0.25, 0.3) is 0 Å². The van der Waals surface area contributed by atoms with Crippen LogP contribution in [0.15, 0.2) is 91.0 Å². The monoisotopic (exact) mass is 1150 g/mol. The van der Waals surface area contributed by atoms with Crippen LogP contribution in [0.3, 0.4) is 0 Å². The Labute approximate surface area is 484 Å². The van der Waals surface area contributed by atoms with Gasteiger partial charge in [0.05, 0.1) is 50.3 Å². The van der Waals surface area contributed by atoms with Crippen molar-refractivity contribution in [3.63, 3.8) is 0 Å². The lowest BCUT2D eigenvalue weighted by molar-refractivity contribution is -0.360. The summed E-state index contributed by atoms with van der Waals surface area (Å²) in [6, 6.07) is 28.4. The van der Waals surface area contributed by atoms with E-state index in [-0.39, 0.29) is 36.6 Å². The van der Waals surface area contributed by atoms with Gasteiger partial charge in [0, 0.05) is 57.2 Å². The van der Waals surface area contributed by atoms with Gasteiger partial charge in [-0.05, 0) is 61.6 Å². The molecule has 0 aromatic heterocycles. The lowest BCUT2D eigenvalue weighted by Crippen LogP contribution is -2.65. The molecule has 1 amide bonds. The summed E-state index contributed by atoms with van der Waals surface area (Å²) < 4.78 is 82.5. The Bertz CT molecular complexity index is 2420. The number of ether oxygens (including phenoxy) is 13.